The fourth-order valence-electron chi connectivity index (χ4n) is 4.24. The number of likely N-dealkylation sites (N-methyl/N-ethyl adjacent to an activating group) is 1. The zero-order chi connectivity index (χ0) is 21.4. The summed E-state index contributed by atoms with van der Waals surface area (Å²) in [7, 11) is 2.17. The molecule has 8 nitrogen and oxygen atoms in total. The van der Waals surface area contributed by atoms with Crippen molar-refractivity contribution >= 4 is 33.4 Å². The summed E-state index contributed by atoms with van der Waals surface area (Å²) in [4.78, 5) is 28.7. The Balaban J connectivity index is 1.36. The molecule has 0 amide bonds. The summed E-state index contributed by atoms with van der Waals surface area (Å²) in [6, 6.07) is 12.6. The van der Waals surface area contributed by atoms with Gasteiger partial charge in [0.05, 0.1) is 16.6 Å². The van der Waals surface area contributed by atoms with Crippen molar-refractivity contribution in [1.29, 1.82) is 0 Å². The van der Waals surface area contributed by atoms with Crippen molar-refractivity contribution in [2.75, 3.05) is 43.4 Å². The Bertz CT molecular complexity index is 1270. The Morgan fingerprint density at radius 2 is 1.84 bits per heavy atom. The minimum atomic E-state index is -0.101. The highest BCUT2D eigenvalue weighted by Crippen LogP contribution is 2.25. The van der Waals surface area contributed by atoms with Crippen molar-refractivity contribution in [3.63, 3.8) is 0 Å². The lowest BCUT2D eigenvalue weighted by molar-refractivity contribution is 0.313. The Hall–Kier alpha value is -3.39. The number of aryl methyl sites for hydroxylation is 1. The third-order valence-corrected chi connectivity index (χ3v) is 6.11. The minimum absolute atomic E-state index is 0.101. The van der Waals surface area contributed by atoms with Gasteiger partial charge in [-0.25, -0.2) is 14.8 Å². The van der Waals surface area contributed by atoms with E-state index in [-0.39, 0.29) is 5.69 Å². The Morgan fingerprint density at radius 1 is 1.06 bits per heavy atom. The number of H-pyrrole nitrogens is 1. The molecule has 3 heterocycles. The number of hydrogen-bond donors (Lipinski definition) is 2. The molecule has 0 radical (unpaired) electrons. The fraction of sp³-hybridized carbons (Fsp3) is 0.348. The predicted molar refractivity (Wildman–Crippen MR) is 125 cm³/mol. The van der Waals surface area contributed by atoms with Crippen molar-refractivity contribution in [1.82, 2.24) is 24.4 Å². The van der Waals surface area contributed by atoms with Crippen LogP contribution in [0.2, 0.25) is 0 Å². The van der Waals surface area contributed by atoms with Gasteiger partial charge in [-0.3, -0.25) is 4.57 Å². The highest BCUT2D eigenvalue weighted by atomic mass is 16.1. The van der Waals surface area contributed by atoms with E-state index < -0.39 is 0 Å². The van der Waals surface area contributed by atoms with E-state index in [1.165, 1.54) is 11.3 Å². The van der Waals surface area contributed by atoms with Gasteiger partial charge in [-0.2, -0.15) is 0 Å². The lowest BCUT2D eigenvalue weighted by Gasteiger charge is -2.34. The molecule has 1 aliphatic heterocycles. The number of nitrogens with zero attached hydrogens (tertiary/aromatic N) is 5. The molecule has 2 aromatic heterocycles. The lowest BCUT2D eigenvalue weighted by atomic mass is 10.1. The third-order valence-electron chi connectivity index (χ3n) is 6.11. The Morgan fingerprint density at radius 3 is 2.58 bits per heavy atom. The van der Waals surface area contributed by atoms with E-state index in [4.69, 9.17) is 0 Å². The van der Waals surface area contributed by atoms with Gasteiger partial charge in [0.1, 0.15) is 12.1 Å². The van der Waals surface area contributed by atoms with Crippen LogP contribution < -0.4 is 15.9 Å². The second-order valence-electron chi connectivity index (χ2n) is 8.09. The summed E-state index contributed by atoms with van der Waals surface area (Å²) in [5.41, 5.74) is 4.84. The van der Waals surface area contributed by atoms with Crippen molar-refractivity contribution in [3.8, 4) is 0 Å². The standard InChI is InChI=1S/C23H27N7O/c1-3-30-21-13-19-18(12-20(21)27-23(30)31)22(26-15-25-19)24-14-16-4-6-17(7-5-16)29-10-8-28(2)9-11-29/h4-7,12-13,15H,3,8-11,14H2,1-2H3,(H,27,31)(H,24,25,26). The monoisotopic (exact) mass is 417 g/mol. The van der Waals surface area contributed by atoms with Crippen LogP contribution in [-0.2, 0) is 13.1 Å². The maximum atomic E-state index is 12.2. The van der Waals surface area contributed by atoms with Gasteiger partial charge < -0.3 is 20.1 Å². The maximum absolute atomic E-state index is 12.2. The first-order valence-corrected chi connectivity index (χ1v) is 10.8. The van der Waals surface area contributed by atoms with Gasteiger partial charge in [-0.1, -0.05) is 12.1 Å². The zero-order valence-electron chi connectivity index (χ0n) is 17.9. The van der Waals surface area contributed by atoms with Crippen LogP contribution in [0.25, 0.3) is 21.9 Å². The van der Waals surface area contributed by atoms with Crippen molar-refractivity contribution in [3.05, 3.63) is 58.8 Å². The van der Waals surface area contributed by atoms with Crippen LogP contribution in [0.4, 0.5) is 11.5 Å². The average molecular weight is 418 g/mol. The first-order valence-electron chi connectivity index (χ1n) is 10.8. The van der Waals surface area contributed by atoms with Crippen LogP contribution in [0.1, 0.15) is 12.5 Å². The molecular formula is C23H27N7O. The molecule has 5 rings (SSSR count). The summed E-state index contributed by atoms with van der Waals surface area (Å²) >= 11 is 0. The van der Waals surface area contributed by atoms with E-state index in [1.807, 2.05) is 19.1 Å². The lowest BCUT2D eigenvalue weighted by Crippen LogP contribution is -2.44. The molecule has 0 aliphatic carbocycles. The number of nitrogens with one attached hydrogen (secondary N) is 2. The molecule has 160 valence electrons. The molecule has 2 aromatic carbocycles. The van der Waals surface area contributed by atoms with E-state index in [0.717, 1.165) is 53.9 Å². The molecule has 0 bridgehead atoms. The third kappa shape index (κ3) is 3.74. The van der Waals surface area contributed by atoms with E-state index in [9.17, 15) is 4.79 Å². The molecule has 1 fully saturated rings. The molecular weight excluding hydrogens is 390 g/mol. The van der Waals surface area contributed by atoms with Gasteiger partial charge >= 0.3 is 5.69 Å². The molecule has 2 N–H and O–H groups in total. The van der Waals surface area contributed by atoms with Crippen LogP contribution in [0.5, 0.6) is 0 Å². The van der Waals surface area contributed by atoms with Crippen LogP contribution in [0, 0.1) is 0 Å². The number of aromatic nitrogens is 4. The molecule has 1 saturated heterocycles. The highest BCUT2D eigenvalue weighted by Gasteiger charge is 2.14. The number of benzene rings is 2. The number of hydrogen-bond acceptors (Lipinski definition) is 6. The van der Waals surface area contributed by atoms with Crippen LogP contribution >= 0.6 is 0 Å². The van der Waals surface area contributed by atoms with Gasteiger partial charge in [-0.05, 0) is 43.8 Å². The van der Waals surface area contributed by atoms with E-state index in [2.05, 4.69) is 61.4 Å². The largest absolute Gasteiger partial charge is 0.369 e. The topological polar surface area (TPSA) is 82.1 Å². The second-order valence-corrected chi connectivity index (χ2v) is 8.09. The number of fused-ring (bicyclic) bond motifs is 2. The van der Waals surface area contributed by atoms with Crippen molar-refractivity contribution in [2.45, 2.75) is 20.0 Å². The summed E-state index contributed by atoms with van der Waals surface area (Å²) in [6.07, 6.45) is 1.56. The Labute approximate surface area is 180 Å². The zero-order valence-corrected chi connectivity index (χ0v) is 17.9. The first kappa shape index (κ1) is 19.6. The van der Waals surface area contributed by atoms with E-state index >= 15 is 0 Å². The number of piperazine rings is 1. The van der Waals surface area contributed by atoms with Gasteiger partial charge in [0.15, 0.2) is 0 Å². The summed E-state index contributed by atoms with van der Waals surface area (Å²) in [6.45, 7) is 7.58. The molecule has 4 aromatic rings. The molecule has 0 unspecified atom stereocenters. The Kier molecular flexibility index (Phi) is 5.07. The molecule has 0 spiro atoms. The number of imidazole rings is 1. The van der Waals surface area contributed by atoms with Gasteiger partial charge in [-0.15, -0.1) is 0 Å². The molecule has 0 atom stereocenters. The quantitative estimate of drug-likeness (QED) is 0.520. The number of rotatable bonds is 5. The second kappa shape index (κ2) is 8.03. The van der Waals surface area contributed by atoms with Crippen LogP contribution in [-0.4, -0.2) is 57.6 Å². The van der Waals surface area contributed by atoms with Crippen molar-refractivity contribution in [2.24, 2.45) is 0 Å². The number of anilines is 2. The van der Waals surface area contributed by atoms with Crippen LogP contribution in [0.3, 0.4) is 0 Å². The predicted octanol–water partition coefficient (Wildman–Crippen LogP) is 2.66. The summed E-state index contributed by atoms with van der Waals surface area (Å²) in [5, 5.41) is 4.34. The fourth-order valence-corrected chi connectivity index (χ4v) is 4.24. The summed E-state index contributed by atoms with van der Waals surface area (Å²) < 4.78 is 1.71. The maximum Gasteiger partial charge on any atom is 0.326 e. The van der Waals surface area contributed by atoms with Gasteiger partial charge in [0.25, 0.3) is 0 Å². The smallest absolute Gasteiger partial charge is 0.326 e. The molecule has 8 heteroatoms. The molecule has 31 heavy (non-hydrogen) atoms. The molecule has 0 saturated carbocycles. The van der Waals surface area contributed by atoms with E-state index in [1.54, 1.807) is 10.9 Å². The van der Waals surface area contributed by atoms with Gasteiger partial charge in [0, 0.05) is 50.3 Å². The number of aromatic amines is 1. The average Bonchev–Trinajstić information content (AvgIpc) is 3.11. The first-order chi connectivity index (χ1) is 15.1. The SMILES string of the molecule is CCn1c(=O)[nH]c2cc3c(NCc4ccc(N5CCN(C)CC5)cc4)ncnc3cc21. The van der Waals surface area contributed by atoms with Gasteiger partial charge in [0.2, 0.25) is 0 Å². The summed E-state index contributed by atoms with van der Waals surface area (Å²) in [5.74, 6) is 0.764. The van der Waals surface area contributed by atoms with Crippen LogP contribution in [0.15, 0.2) is 47.5 Å². The normalized spacial score (nSPS) is 15.1. The van der Waals surface area contributed by atoms with E-state index in [0.29, 0.717) is 13.1 Å². The molecule has 1 aliphatic rings. The van der Waals surface area contributed by atoms with Crippen molar-refractivity contribution < 1.29 is 0 Å². The highest BCUT2D eigenvalue weighted by molar-refractivity contribution is 5.98. The minimum Gasteiger partial charge on any atom is -0.369 e.